The molecule has 0 aromatic rings. The van der Waals surface area contributed by atoms with Crippen molar-refractivity contribution in [3.8, 4) is 12.3 Å². The molecular weight excluding hydrogens is 318 g/mol. The normalized spacial score (nSPS) is 12.8. The molecule has 0 heterocycles. The number of hydrogen-bond donors (Lipinski definition) is 1. The van der Waals surface area contributed by atoms with Crippen LogP contribution in [-0.2, 0) is 4.74 Å². The molecule has 0 aromatic carbocycles. The fourth-order valence-corrected chi connectivity index (χ4v) is 2.86. The monoisotopic (exact) mass is 359 g/mol. The first-order valence-corrected chi connectivity index (χ1v) is 9.76. The van der Waals surface area contributed by atoms with Crippen molar-refractivity contribution in [2.45, 2.75) is 98.1 Å². The van der Waals surface area contributed by atoms with E-state index in [1.54, 1.807) is 0 Å². The lowest BCUT2D eigenvalue weighted by molar-refractivity contribution is 0.0470. The number of nitrogens with one attached hydrogen (secondary N) is 1. The molecule has 1 atom stereocenters. The number of allylic oxidation sites excluding steroid dienone is 2. The van der Waals surface area contributed by atoms with Gasteiger partial charge in [-0.3, -0.25) is 0 Å². The molecule has 0 saturated heterocycles. The van der Waals surface area contributed by atoms with Gasteiger partial charge in [0.15, 0.2) is 0 Å². The van der Waals surface area contributed by atoms with Crippen LogP contribution in [0.15, 0.2) is 36.8 Å². The second-order valence-corrected chi connectivity index (χ2v) is 9.40. The highest BCUT2D eigenvalue weighted by Gasteiger charge is 2.20. The minimum atomic E-state index is -0.205. The van der Waals surface area contributed by atoms with Crippen LogP contribution in [0, 0.1) is 17.8 Å². The quantitative estimate of drug-likeness (QED) is 0.180. The summed E-state index contributed by atoms with van der Waals surface area (Å²) in [5, 5.41) is 3.59. The van der Waals surface area contributed by atoms with Crippen molar-refractivity contribution in [1.29, 1.82) is 0 Å². The third-order valence-electron chi connectivity index (χ3n) is 3.84. The first kappa shape index (κ1) is 24.4. The highest BCUT2D eigenvalue weighted by molar-refractivity contribution is 5.12. The number of hydrogen-bond acceptors (Lipinski definition) is 2. The van der Waals surface area contributed by atoms with E-state index in [0.29, 0.717) is 0 Å². The maximum Gasteiger partial charge on any atom is 0.100 e. The van der Waals surface area contributed by atoms with Gasteiger partial charge < -0.3 is 10.1 Å². The number of unbranched alkanes of at least 4 members (excludes halogenated alkanes) is 2. The number of rotatable bonds is 12. The lowest BCUT2D eigenvalue weighted by Crippen LogP contribution is -2.32. The minimum absolute atomic E-state index is 0.190. The molecule has 0 rings (SSSR count). The number of ether oxygens (including phenoxy) is 1. The smallest absolute Gasteiger partial charge is 0.100 e. The van der Waals surface area contributed by atoms with Gasteiger partial charge in [0.25, 0.3) is 0 Å². The van der Waals surface area contributed by atoms with E-state index < -0.39 is 0 Å². The summed E-state index contributed by atoms with van der Waals surface area (Å²) in [6, 6.07) is 0.190. The van der Waals surface area contributed by atoms with Crippen molar-refractivity contribution in [3.05, 3.63) is 36.8 Å². The Morgan fingerprint density at radius 1 is 1.04 bits per heavy atom. The molecule has 0 aliphatic rings. The maximum atomic E-state index is 5.87. The van der Waals surface area contributed by atoms with Crippen molar-refractivity contribution in [1.82, 2.24) is 5.32 Å². The van der Waals surface area contributed by atoms with Crippen LogP contribution in [0.25, 0.3) is 0 Å². The van der Waals surface area contributed by atoms with E-state index in [2.05, 4.69) is 51.7 Å². The summed E-state index contributed by atoms with van der Waals surface area (Å²) < 4.78 is 5.87. The molecule has 148 valence electrons. The topological polar surface area (TPSA) is 21.3 Å². The van der Waals surface area contributed by atoms with Gasteiger partial charge in [0.2, 0.25) is 0 Å². The van der Waals surface area contributed by atoms with Crippen LogP contribution in [0.3, 0.4) is 0 Å². The summed E-state index contributed by atoms with van der Waals surface area (Å²) in [6.07, 6.45) is 11.9. The van der Waals surface area contributed by atoms with E-state index in [4.69, 9.17) is 11.2 Å². The van der Waals surface area contributed by atoms with Gasteiger partial charge in [0.05, 0.1) is 5.76 Å². The van der Waals surface area contributed by atoms with E-state index in [-0.39, 0.29) is 17.1 Å². The Morgan fingerprint density at radius 3 is 2.15 bits per heavy atom. The van der Waals surface area contributed by atoms with Crippen molar-refractivity contribution < 1.29 is 4.74 Å². The largest absolute Gasteiger partial charge is 0.493 e. The van der Waals surface area contributed by atoms with Gasteiger partial charge >= 0.3 is 0 Å². The van der Waals surface area contributed by atoms with Crippen molar-refractivity contribution in [2.24, 2.45) is 5.41 Å². The highest BCUT2D eigenvalue weighted by Crippen LogP contribution is 2.28. The van der Waals surface area contributed by atoms with Crippen LogP contribution in [-0.4, -0.2) is 11.6 Å². The molecule has 0 radical (unpaired) electrons. The molecule has 0 aromatic heterocycles. The molecule has 0 aliphatic heterocycles. The molecule has 1 N–H and O–H groups in total. The average Bonchev–Trinajstić information content (AvgIpc) is 2.44. The summed E-state index contributed by atoms with van der Waals surface area (Å²) in [4.78, 5) is 0. The van der Waals surface area contributed by atoms with Gasteiger partial charge in [-0.15, -0.1) is 12.3 Å². The maximum absolute atomic E-state index is 5.87. The second kappa shape index (κ2) is 11.2. The van der Waals surface area contributed by atoms with Crippen molar-refractivity contribution >= 4 is 0 Å². The summed E-state index contributed by atoms with van der Waals surface area (Å²) >= 11 is 0. The lowest BCUT2D eigenvalue weighted by atomic mass is 9.84. The van der Waals surface area contributed by atoms with E-state index in [1.165, 1.54) is 5.57 Å². The van der Waals surface area contributed by atoms with Crippen LogP contribution < -0.4 is 5.32 Å². The second-order valence-electron chi connectivity index (χ2n) is 9.40. The molecule has 1 unspecified atom stereocenters. The zero-order valence-corrected chi connectivity index (χ0v) is 18.1. The highest BCUT2D eigenvalue weighted by atomic mass is 16.5. The molecule has 0 saturated carbocycles. The predicted molar refractivity (Wildman–Crippen MR) is 116 cm³/mol. The van der Waals surface area contributed by atoms with Crippen molar-refractivity contribution in [2.75, 3.05) is 0 Å². The first-order valence-electron chi connectivity index (χ1n) is 9.76. The van der Waals surface area contributed by atoms with Gasteiger partial charge in [0, 0.05) is 24.6 Å². The Hall–Kier alpha value is -1.62. The summed E-state index contributed by atoms with van der Waals surface area (Å²) in [5.74, 6) is 3.52. The molecule has 0 spiro atoms. The molecule has 0 bridgehead atoms. The Bertz CT molecular complexity index is 508. The predicted octanol–water partition coefficient (Wildman–Crippen LogP) is 6.75. The molecule has 2 nitrogen and oxygen atoms in total. The van der Waals surface area contributed by atoms with Gasteiger partial charge in [0.1, 0.15) is 5.60 Å². The molecule has 0 amide bonds. The fourth-order valence-electron chi connectivity index (χ4n) is 2.86. The van der Waals surface area contributed by atoms with Crippen LogP contribution in [0.4, 0.5) is 0 Å². The molecule has 0 fully saturated rings. The molecular formula is C24H41NO. The summed E-state index contributed by atoms with van der Waals surface area (Å²) in [5.41, 5.74) is 2.28. The van der Waals surface area contributed by atoms with Gasteiger partial charge in [-0.25, -0.2) is 0 Å². The average molecular weight is 360 g/mol. The summed E-state index contributed by atoms with van der Waals surface area (Å²) in [6.45, 7) is 25.5. The van der Waals surface area contributed by atoms with Gasteiger partial charge in [-0.1, -0.05) is 46.1 Å². The third kappa shape index (κ3) is 13.6. The summed E-state index contributed by atoms with van der Waals surface area (Å²) in [7, 11) is 0. The molecule has 2 heteroatoms. The van der Waals surface area contributed by atoms with E-state index in [1.807, 2.05) is 20.8 Å². The minimum Gasteiger partial charge on any atom is -0.493 e. The zero-order chi connectivity index (χ0) is 20.4. The van der Waals surface area contributed by atoms with Crippen LogP contribution >= 0.6 is 0 Å². The molecule has 26 heavy (non-hydrogen) atoms. The third-order valence-corrected chi connectivity index (χ3v) is 3.84. The zero-order valence-electron chi connectivity index (χ0n) is 18.1. The Balaban J connectivity index is 4.74. The first-order chi connectivity index (χ1) is 11.8. The van der Waals surface area contributed by atoms with E-state index >= 15 is 0 Å². The van der Waals surface area contributed by atoms with Crippen molar-refractivity contribution in [3.63, 3.8) is 0 Å². The Morgan fingerprint density at radius 2 is 1.65 bits per heavy atom. The number of terminal acetylenes is 1. The molecule has 0 aliphatic carbocycles. The van der Waals surface area contributed by atoms with E-state index in [9.17, 15) is 0 Å². The Labute approximate surface area is 163 Å². The van der Waals surface area contributed by atoms with Gasteiger partial charge in [-0.2, -0.15) is 0 Å². The Kier molecular flexibility index (Phi) is 10.5. The van der Waals surface area contributed by atoms with Crippen LogP contribution in [0.1, 0.15) is 86.5 Å². The fraction of sp³-hybridized carbons (Fsp3) is 0.667. The van der Waals surface area contributed by atoms with E-state index in [0.717, 1.165) is 56.4 Å². The van der Waals surface area contributed by atoms with Crippen LogP contribution in [0.5, 0.6) is 0 Å². The van der Waals surface area contributed by atoms with Gasteiger partial charge in [-0.05, 0) is 58.3 Å². The standard InChI is InChI=1S/C24H41NO/c1-11-12-13-14-15-20(3)25-22(19(2)18-23(5,6)7)17-16-21(4)26-24(8,9)10/h1,22,25H,2-4,12-18H2,5-10H3. The van der Waals surface area contributed by atoms with Crippen LogP contribution in [0.2, 0.25) is 0 Å². The lowest BCUT2D eigenvalue weighted by Gasteiger charge is -2.29. The SMILES string of the molecule is C#CCCCCC(=C)NC(CCC(=C)OC(C)(C)C)C(=C)CC(C)(C)C.